The molecule has 2 saturated heterocycles. The summed E-state index contributed by atoms with van der Waals surface area (Å²) in [7, 11) is 0. The standard InChI is InChI=1S/C19H24N4O2/c24-18-14-17(20-19(21-18)22-9-11-25-12-10-22)23-8-4-7-16(23)13-15-5-2-1-3-6-15/h1-3,5-6,14,16H,4,7-13H2,(H,20,21,24)/t16-/m1/s1. The number of ether oxygens (including phenoxy) is 1. The number of nitrogens with one attached hydrogen (secondary N) is 1. The van der Waals surface area contributed by atoms with Crippen molar-refractivity contribution < 1.29 is 4.74 Å². The van der Waals surface area contributed by atoms with E-state index < -0.39 is 0 Å². The Balaban J connectivity index is 1.57. The van der Waals surface area contributed by atoms with Gasteiger partial charge in [-0.05, 0) is 24.8 Å². The molecule has 0 aliphatic carbocycles. The predicted octanol–water partition coefficient (Wildman–Crippen LogP) is 1.82. The zero-order valence-electron chi connectivity index (χ0n) is 14.4. The number of H-pyrrole nitrogens is 1. The van der Waals surface area contributed by atoms with Gasteiger partial charge in [0.1, 0.15) is 5.82 Å². The third kappa shape index (κ3) is 3.69. The average molecular weight is 340 g/mol. The van der Waals surface area contributed by atoms with E-state index in [1.807, 2.05) is 6.07 Å². The van der Waals surface area contributed by atoms with Crippen LogP contribution in [0.1, 0.15) is 18.4 Å². The Kier molecular flexibility index (Phi) is 4.70. The number of aromatic amines is 1. The van der Waals surface area contributed by atoms with Crippen LogP contribution >= 0.6 is 0 Å². The Hall–Kier alpha value is -2.34. The fraction of sp³-hybridized carbons (Fsp3) is 0.474. The molecule has 0 radical (unpaired) electrons. The van der Waals surface area contributed by atoms with Gasteiger partial charge in [-0.2, -0.15) is 4.98 Å². The minimum Gasteiger partial charge on any atom is -0.378 e. The molecule has 0 amide bonds. The predicted molar refractivity (Wildman–Crippen MR) is 98.4 cm³/mol. The molecule has 0 unspecified atom stereocenters. The van der Waals surface area contributed by atoms with Gasteiger partial charge in [-0.15, -0.1) is 0 Å². The maximum atomic E-state index is 12.2. The third-order valence-corrected chi connectivity index (χ3v) is 5.01. The second-order valence-electron chi connectivity index (χ2n) is 6.71. The minimum absolute atomic E-state index is 0.0862. The summed E-state index contributed by atoms with van der Waals surface area (Å²) in [6.07, 6.45) is 3.26. The summed E-state index contributed by atoms with van der Waals surface area (Å²) >= 11 is 0. The lowest BCUT2D eigenvalue weighted by molar-refractivity contribution is 0.122. The van der Waals surface area contributed by atoms with Crippen molar-refractivity contribution in [2.45, 2.75) is 25.3 Å². The van der Waals surface area contributed by atoms with E-state index in [1.54, 1.807) is 6.07 Å². The number of benzene rings is 1. The van der Waals surface area contributed by atoms with Crippen LogP contribution in [0, 0.1) is 0 Å². The molecule has 1 N–H and O–H groups in total. The molecular formula is C19H24N4O2. The van der Waals surface area contributed by atoms with E-state index in [2.05, 4.69) is 39.0 Å². The topological polar surface area (TPSA) is 61.5 Å². The van der Waals surface area contributed by atoms with Crippen molar-refractivity contribution in [3.05, 3.63) is 52.3 Å². The van der Waals surface area contributed by atoms with Crippen molar-refractivity contribution in [2.75, 3.05) is 42.6 Å². The Labute approximate surface area is 147 Å². The van der Waals surface area contributed by atoms with Gasteiger partial charge in [0.2, 0.25) is 5.95 Å². The normalized spacial score (nSPS) is 20.9. The Bertz CT molecular complexity index is 756. The van der Waals surface area contributed by atoms with Gasteiger partial charge >= 0.3 is 0 Å². The van der Waals surface area contributed by atoms with Crippen LogP contribution in [-0.4, -0.2) is 48.9 Å². The number of rotatable bonds is 4. The van der Waals surface area contributed by atoms with E-state index >= 15 is 0 Å². The highest BCUT2D eigenvalue weighted by Crippen LogP contribution is 2.26. The number of aromatic nitrogens is 2. The molecule has 25 heavy (non-hydrogen) atoms. The lowest BCUT2D eigenvalue weighted by Gasteiger charge is -2.30. The smallest absolute Gasteiger partial charge is 0.254 e. The lowest BCUT2D eigenvalue weighted by atomic mass is 10.0. The monoisotopic (exact) mass is 340 g/mol. The molecule has 2 aliphatic rings. The van der Waals surface area contributed by atoms with Gasteiger partial charge in [-0.25, -0.2) is 0 Å². The number of morpholine rings is 1. The largest absolute Gasteiger partial charge is 0.378 e. The van der Waals surface area contributed by atoms with Crippen molar-refractivity contribution in [3.8, 4) is 0 Å². The number of nitrogens with zero attached hydrogens (tertiary/aromatic N) is 3. The van der Waals surface area contributed by atoms with Crippen LogP contribution in [0.25, 0.3) is 0 Å². The zero-order chi connectivity index (χ0) is 17.1. The van der Waals surface area contributed by atoms with Crippen molar-refractivity contribution in [3.63, 3.8) is 0 Å². The van der Waals surface area contributed by atoms with Crippen LogP contribution in [0.5, 0.6) is 0 Å². The summed E-state index contributed by atoms with van der Waals surface area (Å²) in [5.41, 5.74) is 1.24. The molecule has 2 aliphatic heterocycles. The first-order valence-corrected chi connectivity index (χ1v) is 9.04. The lowest BCUT2D eigenvalue weighted by Crippen LogP contribution is -2.39. The fourth-order valence-corrected chi connectivity index (χ4v) is 3.74. The summed E-state index contributed by atoms with van der Waals surface area (Å²) in [4.78, 5) is 24.2. The molecule has 1 atom stereocenters. The van der Waals surface area contributed by atoms with Gasteiger partial charge in [-0.1, -0.05) is 30.3 Å². The van der Waals surface area contributed by atoms with Gasteiger partial charge in [0.15, 0.2) is 0 Å². The first-order valence-electron chi connectivity index (χ1n) is 9.04. The highest BCUT2D eigenvalue weighted by molar-refractivity contribution is 5.46. The van der Waals surface area contributed by atoms with E-state index in [4.69, 9.17) is 9.72 Å². The molecule has 2 aromatic rings. The van der Waals surface area contributed by atoms with Gasteiger partial charge in [0, 0.05) is 31.7 Å². The maximum Gasteiger partial charge on any atom is 0.254 e. The Morgan fingerprint density at radius 1 is 1.16 bits per heavy atom. The van der Waals surface area contributed by atoms with Crippen LogP contribution in [0.2, 0.25) is 0 Å². The summed E-state index contributed by atoms with van der Waals surface area (Å²) in [5, 5.41) is 0. The second-order valence-corrected chi connectivity index (χ2v) is 6.71. The van der Waals surface area contributed by atoms with Gasteiger partial charge in [0.25, 0.3) is 5.56 Å². The van der Waals surface area contributed by atoms with E-state index in [-0.39, 0.29) is 5.56 Å². The molecule has 2 fully saturated rings. The second kappa shape index (κ2) is 7.27. The summed E-state index contributed by atoms with van der Waals surface area (Å²) in [5.74, 6) is 1.46. The van der Waals surface area contributed by atoms with Crippen molar-refractivity contribution >= 4 is 11.8 Å². The summed E-state index contributed by atoms with van der Waals surface area (Å²) in [6, 6.07) is 12.6. The highest BCUT2D eigenvalue weighted by atomic mass is 16.5. The van der Waals surface area contributed by atoms with Crippen LogP contribution in [0.15, 0.2) is 41.2 Å². The summed E-state index contributed by atoms with van der Waals surface area (Å²) in [6.45, 7) is 3.83. The molecule has 1 aromatic carbocycles. The van der Waals surface area contributed by atoms with E-state index in [1.165, 1.54) is 5.56 Å². The zero-order valence-corrected chi connectivity index (χ0v) is 14.4. The van der Waals surface area contributed by atoms with Gasteiger partial charge in [-0.3, -0.25) is 9.78 Å². The molecule has 3 heterocycles. The summed E-state index contributed by atoms with van der Waals surface area (Å²) < 4.78 is 5.39. The molecule has 6 heteroatoms. The van der Waals surface area contributed by atoms with Crippen LogP contribution in [0.3, 0.4) is 0 Å². The van der Waals surface area contributed by atoms with Crippen molar-refractivity contribution in [2.24, 2.45) is 0 Å². The number of hydrogen-bond donors (Lipinski definition) is 1. The number of anilines is 2. The van der Waals surface area contributed by atoms with Gasteiger partial charge in [0.05, 0.1) is 13.2 Å². The van der Waals surface area contributed by atoms with Crippen LogP contribution in [0.4, 0.5) is 11.8 Å². The molecule has 0 spiro atoms. The average Bonchev–Trinajstić information content (AvgIpc) is 3.11. The SMILES string of the molecule is O=c1cc(N2CCC[C@@H]2Cc2ccccc2)nc(N2CCOCC2)[nH]1. The van der Waals surface area contributed by atoms with E-state index in [0.717, 1.165) is 44.7 Å². The van der Waals surface area contributed by atoms with Gasteiger partial charge < -0.3 is 14.5 Å². The van der Waals surface area contributed by atoms with Crippen molar-refractivity contribution in [1.29, 1.82) is 0 Å². The molecule has 6 nitrogen and oxygen atoms in total. The van der Waals surface area contributed by atoms with Crippen LogP contribution in [-0.2, 0) is 11.2 Å². The Morgan fingerprint density at radius 3 is 2.76 bits per heavy atom. The van der Waals surface area contributed by atoms with Crippen LogP contribution < -0.4 is 15.4 Å². The Morgan fingerprint density at radius 2 is 1.96 bits per heavy atom. The molecule has 0 bridgehead atoms. The molecule has 0 saturated carbocycles. The molecule has 1 aromatic heterocycles. The van der Waals surface area contributed by atoms with Crippen molar-refractivity contribution in [1.82, 2.24) is 9.97 Å². The quantitative estimate of drug-likeness (QED) is 0.920. The maximum absolute atomic E-state index is 12.2. The molecule has 4 rings (SSSR count). The first kappa shape index (κ1) is 16.1. The highest BCUT2D eigenvalue weighted by Gasteiger charge is 2.27. The fourth-order valence-electron chi connectivity index (χ4n) is 3.74. The minimum atomic E-state index is -0.0862. The molecular weight excluding hydrogens is 316 g/mol. The molecule has 132 valence electrons. The van der Waals surface area contributed by atoms with E-state index in [9.17, 15) is 4.79 Å². The first-order chi connectivity index (χ1) is 12.3. The number of hydrogen-bond acceptors (Lipinski definition) is 5. The third-order valence-electron chi connectivity index (χ3n) is 5.01. The van der Waals surface area contributed by atoms with E-state index in [0.29, 0.717) is 25.2 Å².